The molecule has 1 aliphatic rings. The number of nitrogens with one attached hydrogen (secondary N) is 1. The Bertz CT molecular complexity index is 560. The van der Waals surface area contributed by atoms with Gasteiger partial charge in [0.25, 0.3) is 0 Å². The molecule has 0 bridgehead atoms. The molecule has 18 heavy (non-hydrogen) atoms. The van der Waals surface area contributed by atoms with Gasteiger partial charge in [0, 0.05) is 18.2 Å². The summed E-state index contributed by atoms with van der Waals surface area (Å²) in [6.45, 7) is 3.08. The summed E-state index contributed by atoms with van der Waals surface area (Å²) in [4.78, 5) is 2.20. The first-order valence-corrected chi connectivity index (χ1v) is 7.14. The van der Waals surface area contributed by atoms with E-state index in [-0.39, 0.29) is 0 Å². The Morgan fingerprint density at radius 3 is 2.89 bits per heavy atom. The molecule has 2 heterocycles. The predicted molar refractivity (Wildman–Crippen MR) is 76.3 cm³/mol. The van der Waals surface area contributed by atoms with Gasteiger partial charge in [-0.25, -0.2) is 0 Å². The van der Waals surface area contributed by atoms with Crippen molar-refractivity contribution in [1.29, 1.82) is 5.41 Å². The van der Waals surface area contributed by atoms with Gasteiger partial charge in [0.2, 0.25) is 0 Å². The van der Waals surface area contributed by atoms with Crippen LogP contribution in [0.25, 0.3) is 0 Å². The Balaban J connectivity index is 1.78. The SMILES string of the molecule is CC(Cc1ccsc1)N1Cc2ccccc2C1=N. The lowest BCUT2D eigenvalue weighted by molar-refractivity contribution is 0.332. The fourth-order valence-electron chi connectivity index (χ4n) is 2.54. The molecule has 1 aromatic carbocycles. The summed E-state index contributed by atoms with van der Waals surface area (Å²) in [5.41, 5.74) is 3.74. The molecule has 0 spiro atoms. The van der Waals surface area contributed by atoms with Gasteiger partial charge in [-0.2, -0.15) is 11.3 Å². The summed E-state index contributed by atoms with van der Waals surface area (Å²) >= 11 is 1.74. The van der Waals surface area contributed by atoms with E-state index in [1.165, 1.54) is 11.1 Å². The first kappa shape index (κ1) is 11.5. The summed E-state index contributed by atoms with van der Waals surface area (Å²) < 4.78 is 0. The zero-order valence-corrected chi connectivity index (χ0v) is 11.2. The van der Waals surface area contributed by atoms with Crippen LogP contribution in [0.4, 0.5) is 0 Å². The molecule has 92 valence electrons. The van der Waals surface area contributed by atoms with Crippen LogP contribution in [-0.2, 0) is 13.0 Å². The Hall–Kier alpha value is -1.61. The van der Waals surface area contributed by atoms with Gasteiger partial charge in [-0.3, -0.25) is 5.41 Å². The minimum Gasteiger partial charge on any atom is -0.349 e. The van der Waals surface area contributed by atoms with E-state index >= 15 is 0 Å². The first-order chi connectivity index (χ1) is 8.75. The number of amidine groups is 1. The standard InChI is InChI=1S/C15H16N2S/c1-11(8-12-6-7-18-10-12)17-9-13-4-2-3-5-14(13)15(17)16/h2-7,10-11,16H,8-9H2,1H3. The van der Waals surface area contributed by atoms with E-state index in [0.717, 1.165) is 18.5 Å². The molecule has 1 unspecified atom stereocenters. The predicted octanol–water partition coefficient (Wildman–Crippen LogP) is 3.52. The lowest BCUT2D eigenvalue weighted by atomic mass is 10.1. The molecule has 0 fully saturated rings. The molecule has 2 nitrogen and oxygen atoms in total. The maximum atomic E-state index is 8.28. The van der Waals surface area contributed by atoms with Gasteiger partial charge in [0.05, 0.1) is 0 Å². The van der Waals surface area contributed by atoms with Crippen molar-refractivity contribution >= 4 is 17.2 Å². The monoisotopic (exact) mass is 256 g/mol. The molecular weight excluding hydrogens is 240 g/mol. The number of hydrogen-bond donors (Lipinski definition) is 1. The summed E-state index contributed by atoms with van der Waals surface area (Å²) in [5.74, 6) is 0.674. The highest BCUT2D eigenvalue weighted by Gasteiger charge is 2.27. The molecule has 1 aromatic heterocycles. The van der Waals surface area contributed by atoms with Crippen LogP contribution in [0.15, 0.2) is 41.1 Å². The van der Waals surface area contributed by atoms with Crippen LogP contribution in [0.5, 0.6) is 0 Å². The number of fused-ring (bicyclic) bond motifs is 1. The highest BCUT2D eigenvalue weighted by atomic mass is 32.1. The van der Waals surface area contributed by atoms with E-state index in [9.17, 15) is 0 Å². The molecular formula is C15H16N2S. The maximum Gasteiger partial charge on any atom is 0.128 e. The van der Waals surface area contributed by atoms with Crippen molar-refractivity contribution in [2.45, 2.75) is 25.9 Å². The van der Waals surface area contributed by atoms with E-state index in [1.54, 1.807) is 11.3 Å². The normalized spacial score (nSPS) is 15.8. The summed E-state index contributed by atoms with van der Waals surface area (Å²) in [5, 5.41) is 12.6. The number of hydrogen-bond acceptors (Lipinski definition) is 2. The fraction of sp³-hybridized carbons (Fsp3) is 0.267. The van der Waals surface area contributed by atoms with Crippen LogP contribution in [0.1, 0.15) is 23.6 Å². The van der Waals surface area contributed by atoms with Gasteiger partial charge in [0.15, 0.2) is 0 Å². The van der Waals surface area contributed by atoms with Crippen LogP contribution >= 0.6 is 11.3 Å². The molecule has 0 aliphatic carbocycles. The molecule has 1 N–H and O–H groups in total. The van der Waals surface area contributed by atoms with E-state index < -0.39 is 0 Å². The molecule has 2 aromatic rings. The number of benzene rings is 1. The van der Waals surface area contributed by atoms with Gasteiger partial charge in [-0.1, -0.05) is 24.3 Å². The fourth-order valence-corrected chi connectivity index (χ4v) is 3.22. The van der Waals surface area contributed by atoms with Crippen molar-refractivity contribution in [3.8, 4) is 0 Å². The lowest BCUT2D eigenvalue weighted by Crippen LogP contribution is -2.34. The van der Waals surface area contributed by atoms with Crippen molar-refractivity contribution < 1.29 is 0 Å². The summed E-state index contributed by atoms with van der Waals surface area (Å²) in [6, 6.07) is 10.8. The Labute approximate surface area is 111 Å². The molecule has 0 saturated heterocycles. The molecule has 1 aliphatic heterocycles. The molecule has 0 saturated carbocycles. The van der Waals surface area contributed by atoms with Gasteiger partial charge < -0.3 is 4.90 Å². The molecule has 0 radical (unpaired) electrons. The zero-order valence-electron chi connectivity index (χ0n) is 10.4. The second kappa shape index (κ2) is 4.58. The molecule has 0 amide bonds. The molecule has 1 atom stereocenters. The highest BCUT2D eigenvalue weighted by molar-refractivity contribution is 7.07. The van der Waals surface area contributed by atoms with E-state index in [2.05, 4.69) is 46.8 Å². The zero-order chi connectivity index (χ0) is 12.5. The van der Waals surface area contributed by atoms with Crippen molar-refractivity contribution in [3.05, 3.63) is 57.8 Å². The Kier molecular flexibility index (Phi) is 2.92. The number of rotatable bonds is 3. The average Bonchev–Trinajstić information content (AvgIpc) is 2.98. The van der Waals surface area contributed by atoms with Gasteiger partial charge >= 0.3 is 0 Å². The van der Waals surface area contributed by atoms with E-state index in [1.807, 2.05) is 6.07 Å². The largest absolute Gasteiger partial charge is 0.349 e. The lowest BCUT2D eigenvalue weighted by Gasteiger charge is -2.26. The quantitative estimate of drug-likeness (QED) is 0.893. The molecule has 3 heteroatoms. The highest BCUT2D eigenvalue weighted by Crippen LogP contribution is 2.25. The minimum atomic E-state index is 0.375. The van der Waals surface area contributed by atoms with E-state index in [0.29, 0.717) is 11.9 Å². The second-order valence-electron chi connectivity index (χ2n) is 4.82. The van der Waals surface area contributed by atoms with Gasteiger partial charge in [-0.05, 0) is 41.3 Å². The summed E-state index contributed by atoms with van der Waals surface area (Å²) in [7, 11) is 0. The third-order valence-corrected chi connectivity index (χ3v) is 4.28. The summed E-state index contributed by atoms with van der Waals surface area (Å²) in [6.07, 6.45) is 1.01. The van der Waals surface area contributed by atoms with Crippen molar-refractivity contribution in [1.82, 2.24) is 4.90 Å². The molecule has 3 rings (SSSR count). The Morgan fingerprint density at radius 1 is 1.33 bits per heavy atom. The van der Waals surface area contributed by atoms with Crippen molar-refractivity contribution in [2.24, 2.45) is 0 Å². The van der Waals surface area contributed by atoms with E-state index in [4.69, 9.17) is 5.41 Å². The van der Waals surface area contributed by atoms with Crippen LogP contribution in [0.2, 0.25) is 0 Å². The Morgan fingerprint density at radius 2 is 2.17 bits per heavy atom. The second-order valence-corrected chi connectivity index (χ2v) is 5.60. The number of nitrogens with zero attached hydrogens (tertiary/aromatic N) is 1. The van der Waals surface area contributed by atoms with Crippen LogP contribution in [0.3, 0.4) is 0 Å². The van der Waals surface area contributed by atoms with Crippen molar-refractivity contribution in [2.75, 3.05) is 0 Å². The van der Waals surface area contributed by atoms with Crippen LogP contribution in [-0.4, -0.2) is 16.8 Å². The third-order valence-electron chi connectivity index (χ3n) is 3.54. The van der Waals surface area contributed by atoms with Crippen molar-refractivity contribution in [3.63, 3.8) is 0 Å². The smallest absolute Gasteiger partial charge is 0.128 e. The van der Waals surface area contributed by atoms with Gasteiger partial charge in [0.1, 0.15) is 5.84 Å². The minimum absolute atomic E-state index is 0.375. The topological polar surface area (TPSA) is 27.1 Å². The average molecular weight is 256 g/mol. The van der Waals surface area contributed by atoms with Gasteiger partial charge in [-0.15, -0.1) is 0 Å². The van der Waals surface area contributed by atoms with Crippen LogP contribution in [0, 0.1) is 5.41 Å². The maximum absolute atomic E-state index is 8.28. The third kappa shape index (κ3) is 1.95. The first-order valence-electron chi connectivity index (χ1n) is 6.20. The van der Waals surface area contributed by atoms with Crippen LogP contribution < -0.4 is 0 Å². The number of thiophene rings is 1.